The first-order chi connectivity index (χ1) is 12.2. The number of rotatable bonds is 3. The summed E-state index contributed by atoms with van der Waals surface area (Å²) in [7, 11) is 3.87. The van der Waals surface area contributed by atoms with Crippen molar-refractivity contribution in [2.45, 2.75) is 18.4 Å². The number of piperidine rings is 1. The smallest absolute Gasteiger partial charge is 0.291 e. The highest BCUT2D eigenvalue weighted by Gasteiger charge is 2.44. The van der Waals surface area contributed by atoms with Gasteiger partial charge in [0.05, 0.1) is 13.3 Å². The molecule has 2 aliphatic rings. The number of likely N-dealkylation sites (tertiary alicyclic amines) is 2. The van der Waals surface area contributed by atoms with Crippen LogP contribution in [0.15, 0.2) is 41.3 Å². The number of likely N-dealkylation sites (N-methyl/N-ethyl adjacent to an activating group) is 1. The molecule has 2 fully saturated rings. The minimum Gasteiger partial charge on any atom is -0.497 e. The van der Waals surface area contributed by atoms with E-state index in [1.165, 1.54) is 18.2 Å². The Morgan fingerprint density at radius 2 is 2.08 bits per heavy atom. The highest BCUT2D eigenvalue weighted by atomic mass is 16.5. The normalized spacial score (nSPS) is 26.5. The summed E-state index contributed by atoms with van der Waals surface area (Å²) in [6.07, 6.45) is 3.80. The Kier molecular flexibility index (Phi) is 4.21. The van der Waals surface area contributed by atoms with Crippen LogP contribution in [-0.2, 0) is 0 Å². The number of methoxy groups -OCH3 is 1. The molecule has 1 aromatic carbocycles. The van der Waals surface area contributed by atoms with Crippen LogP contribution in [-0.4, -0.2) is 60.5 Å². The molecule has 25 heavy (non-hydrogen) atoms. The summed E-state index contributed by atoms with van der Waals surface area (Å²) in [5.74, 6) is 1.99. The topological polar surface area (TPSA) is 58.8 Å². The van der Waals surface area contributed by atoms with Crippen LogP contribution < -0.4 is 4.74 Å². The minimum atomic E-state index is -0.0565. The first-order valence-electron chi connectivity index (χ1n) is 8.69. The Bertz CT molecular complexity index is 729. The van der Waals surface area contributed by atoms with Crippen LogP contribution in [0.3, 0.4) is 0 Å². The number of hydrogen-bond donors (Lipinski definition) is 0. The van der Waals surface area contributed by atoms with Crippen LogP contribution in [0.5, 0.6) is 5.75 Å². The highest BCUT2D eigenvalue weighted by molar-refractivity contribution is 5.91. The molecule has 1 aromatic heterocycles. The van der Waals surface area contributed by atoms with Crippen molar-refractivity contribution >= 4 is 5.91 Å². The van der Waals surface area contributed by atoms with Crippen molar-refractivity contribution in [3.05, 3.63) is 48.2 Å². The van der Waals surface area contributed by atoms with Gasteiger partial charge in [0, 0.05) is 37.5 Å². The minimum absolute atomic E-state index is 0.0565. The van der Waals surface area contributed by atoms with Gasteiger partial charge in [0.2, 0.25) is 5.76 Å². The SMILES string of the molecule is COc1ccc([C@H]2CN(C)[C@@H]3CCN(C(=O)c4cnco4)C[C@H]23)cc1. The van der Waals surface area contributed by atoms with Crippen molar-refractivity contribution in [2.75, 3.05) is 33.8 Å². The van der Waals surface area contributed by atoms with E-state index in [1.54, 1.807) is 7.11 Å². The zero-order valence-electron chi connectivity index (χ0n) is 14.6. The molecule has 0 bridgehead atoms. The summed E-state index contributed by atoms with van der Waals surface area (Å²) in [5, 5.41) is 0. The maximum atomic E-state index is 12.6. The quantitative estimate of drug-likeness (QED) is 0.857. The van der Waals surface area contributed by atoms with Crippen LogP contribution in [0.1, 0.15) is 28.5 Å². The summed E-state index contributed by atoms with van der Waals surface area (Å²) < 4.78 is 10.5. The van der Waals surface area contributed by atoms with Gasteiger partial charge in [-0.15, -0.1) is 0 Å². The zero-order valence-corrected chi connectivity index (χ0v) is 14.6. The van der Waals surface area contributed by atoms with Crippen molar-refractivity contribution in [3.8, 4) is 5.75 Å². The average molecular weight is 341 g/mol. The van der Waals surface area contributed by atoms with Gasteiger partial charge in [-0.1, -0.05) is 12.1 Å². The predicted molar refractivity (Wildman–Crippen MR) is 92.7 cm³/mol. The molecule has 2 aromatic rings. The molecule has 0 spiro atoms. The van der Waals surface area contributed by atoms with Gasteiger partial charge in [-0.2, -0.15) is 0 Å². The number of carbonyl (C=O) groups excluding carboxylic acids is 1. The molecule has 0 N–H and O–H groups in total. The lowest BCUT2D eigenvalue weighted by Gasteiger charge is -2.38. The van der Waals surface area contributed by atoms with Gasteiger partial charge in [-0.3, -0.25) is 4.79 Å². The first kappa shape index (κ1) is 16.1. The van der Waals surface area contributed by atoms with Crippen molar-refractivity contribution < 1.29 is 13.9 Å². The van der Waals surface area contributed by atoms with Gasteiger partial charge in [-0.05, 0) is 31.2 Å². The number of benzene rings is 1. The number of amides is 1. The van der Waals surface area contributed by atoms with E-state index in [2.05, 4.69) is 29.1 Å². The zero-order chi connectivity index (χ0) is 17.4. The van der Waals surface area contributed by atoms with Crippen LogP contribution in [0.4, 0.5) is 0 Å². The van der Waals surface area contributed by atoms with Gasteiger partial charge in [0.25, 0.3) is 5.91 Å². The Hall–Kier alpha value is -2.34. The third kappa shape index (κ3) is 2.91. The number of aromatic nitrogens is 1. The molecular formula is C19H23N3O3. The number of ether oxygens (including phenoxy) is 1. The number of fused-ring (bicyclic) bond motifs is 1. The second-order valence-electron chi connectivity index (χ2n) is 6.96. The van der Waals surface area contributed by atoms with E-state index in [4.69, 9.17) is 9.15 Å². The summed E-state index contributed by atoms with van der Waals surface area (Å²) in [6.45, 7) is 2.54. The summed E-state index contributed by atoms with van der Waals surface area (Å²) in [5.41, 5.74) is 1.31. The van der Waals surface area contributed by atoms with E-state index in [9.17, 15) is 4.79 Å². The molecule has 3 heterocycles. The molecule has 0 saturated carbocycles. The predicted octanol–water partition coefficient (Wildman–Crippen LogP) is 2.24. The number of hydrogen-bond acceptors (Lipinski definition) is 5. The molecule has 2 saturated heterocycles. The first-order valence-corrected chi connectivity index (χ1v) is 8.69. The van der Waals surface area contributed by atoms with E-state index in [0.717, 1.165) is 31.8 Å². The van der Waals surface area contributed by atoms with Gasteiger partial charge in [-0.25, -0.2) is 4.98 Å². The molecule has 0 unspecified atom stereocenters. The lowest BCUT2D eigenvalue weighted by molar-refractivity contribution is 0.0577. The number of carbonyl (C=O) groups is 1. The van der Waals surface area contributed by atoms with E-state index >= 15 is 0 Å². The molecule has 0 radical (unpaired) electrons. The molecule has 1 amide bonds. The van der Waals surface area contributed by atoms with E-state index in [-0.39, 0.29) is 5.91 Å². The highest BCUT2D eigenvalue weighted by Crippen LogP contribution is 2.41. The van der Waals surface area contributed by atoms with Gasteiger partial charge >= 0.3 is 0 Å². The maximum absolute atomic E-state index is 12.6. The Morgan fingerprint density at radius 3 is 2.76 bits per heavy atom. The van der Waals surface area contributed by atoms with Crippen molar-refractivity contribution in [1.82, 2.24) is 14.8 Å². The lowest BCUT2D eigenvalue weighted by atomic mass is 9.81. The number of oxazole rings is 1. The van der Waals surface area contributed by atoms with Crippen LogP contribution in [0.25, 0.3) is 0 Å². The van der Waals surface area contributed by atoms with Crippen LogP contribution in [0, 0.1) is 5.92 Å². The maximum Gasteiger partial charge on any atom is 0.291 e. The molecule has 4 rings (SSSR count). The largest absolute Gasteiger partial charge is 0.497 e. The van der Waals surface area contributed by atoms with Crippen molar-refractivity contribution in [3.63, 3.8) is 0 Å². The fourth-order valence-corrected chi connectivity index (χ4v) is 4.36. The second kappa shape index (κ2) is 6.52. The van der Waals surface area contributed by atoms with Crippen LogP contribution >= 0.6 is 0 Å². The number of nitrogens with zero attached hydrogens (tertiary/aromatic N) is 3. The molecule has 132 valence electrons. The summed E-state index contributed by atoms with van der Waals surface area (Å²) >= 11 is 0. The third-order valence-electron chi connectivity index (χ3n) is 5.66. The summed E-state index contributed by atoms with van der Waals surface area (Å²) in [6, 6.07) is 8.85. The van der Waals surface area contributed by atoms with Crippen molar-refractivity contribution in [2.24, 2.45) is 5.92 Å². The molecule has 3 atom stereocenters. The van der Waals surface area contributed by atoms with Gasteiger partial charge in [0.1, 0.15) is 5.75 Å². The molecule has 0 aliphatic carbocycles. The van der Waals surface area contributed by atoms with E-state index in [1.807, 2.05) is 17.0 Å². The molecular weight excluding hydrogens is 318 g/mol. The van der Waals surface area contributed by atoms with Crippen LogP contribution in [0.2, 0.25) is 0 Å². The Labute approximate surface area is 147 Å². The molecule has 2 aliphatic heterocycles. The van der Waals surface area contributed by atoms with Crippen molar-refractivity contribution in [1.29, 1.82) is 0 Å². The monoisotopic (exact) mass is 341 g/mol. The van der Waals surface area contributed by atoms with Gasteiger partial charge in [0.15, 0.2) is 6.39 Å². The third-order valence-corrected chi connectivity index (χ3v) is 5.66. The fourth-order valence-electron chi connectivity index (χ4n) is 4.36. The second-order valence-corrected chi connectivity index (χ2v) is 6.96. The van der Waals surface area contributed by atoms with Gasteiger partial charge < -0.3 is 19.0 Å². The fraction of sp³-hybridized carbons (Fsp3) is 0.474. The lowest BCUT2D eigenvalue weighted by Crippen LogP contribution is -2.47. The standard InChI is InChI=1S/C19H23N3O3/c1-21-10-15(13-3-5-14(24-2)6-4-13)16-11-22(8-7-17(16)21)19(23)18-9-20-12-25-18/h3-6,9,12,15-17H,7-8,10-11H2,1-2H3/t15-,16-,17-/m1/s1. The Balaban J connectivity index is 1.55. The summed E-state index contributed by atoms with van der Waals surface area (Å²) in [4.78, 5) is 20.8. The molecule has 6 nitrogen and oxygen atoms in total. The molecule has 6 heteroatoms. The van der Waals surface area contributed by atoms with E-state index < -0.39 is 0 Å². The van der Waals surface area contributed by atoms with E-state index in [0.29, 0.717) is 23.6 Å². The average Bonchev–Trinajstić information content (AvgIpc) is 3.29. The Morgan fingerprint density at radius 1 is 1.28 bits per heavy atom.